The highest BCUT2D eigenvalue weighted by Gasteiger charge is 2.56. The molecule has 6 heteroatoms. The van der Waals surface area contributed by atoms with Crippen molar-refractivity contribution in [2.24, 2.45) is 28.6 Å². The van der Waals surface area contributed by atoms with Crippen LogP contribution in [0, 0.1) is 28.6 Å². The van der Waals surface area contributed by atoms with E-state index >= 15 is 0 Å². The van der Waals surface area contributed by atoms with Gasteiger partial charge in [-0.2, -0.15) is 0 Å². The second-order valence-electron chi connectivity index (χ2n) is 13.5. The van der Waals surface area contributed by atoms with Crippen molar-refractivity contribution < 1.29 is 14.8 Å². The number of rotatable bonds is 11. The fourth-order valence-corrected chi connectivity index (χ4v) is 8.96. The van der Waals surface area contributed by atoms with Crippen LogP contribution in [0.2, 0.25) is 0 Å². The maximum Gasteiger partial charge on any atom is 0.243 e. The molecule has 0 spiro atoms. The third-order valence-electron chi connectivity index (χ3n) is 11.2. The molecule has 218 valence electrons. The molecule has 5 rings (SSSR count). The number of amides is 2. The lowest BCUT2D eigenvalue weighted by Gasteiger charge is -2.58. The first-order valence-electron chi connectivity index (χ1n) is 15.9. The maximum absolute atomic E-state index is 12.7. The molecule has 6 nitrogen and oxygen atoms in total. The minimum atomic E-state index is -0.313. The Morgan fingerprint density at radius 3 is 2.38 bits per heavy atom. The van der Waals surface area contributed by atoms with Crippen LogP contribution < -0.4 is 10.8 Å². The van der Waals surface area contributed by atoms with E-state index in [2.05, 4.69) is 48.4 Å². The summed E-state index contributed by atoms with van der Waals surface area (Å²) in [5.41, 5.74) is 6.67. The fraction of sp³-hybridized carbons (Fsp3) is 0.676. The van der Waals surface area contributed by atoms with Crippen molar-refractivity contribution in [2.75, 3.05) is 0 Å². The highest BCUT2D eigenvalue weighted by atomic mass is 16.5. The number of nitrogens with zero attached hydrogens (tertiary/aromatic N) is 1. The van der Waals surface area contributed by atoms with Gasteiger partial charge in [-0.05, 0) is 104 Å². The molecule has 3 N–H and O–H groups in total. The van der Waals surface area contributed by atoms with E-state index in [-0.39, 0.29) is 28.7 Å². The molecular weight excluding hydrogens is 498 g/mol. The van der Waals surface area contributed by atoms with Crippen molar-refractivity contribution in [1.82, 2.24) is 15.8 Å². The fourth-order valence-electron chi connectivity index (χ4n) is 8.96. The van der Waals surface area contributed by atoms with Gasteiger partial charge in [0.25, 0.3) is 0 Å². The predicted octanol–water partition coefficient (Wildman–Crippen LogP) is 7.15. The summed E-state index contributed by atoms with van der Waals surface area (Å²) in [5.74, 6) is 2.11. The summed E-state index contributed by atoms with van der Waals surface area (Å²) in [5, 5.41) is 11.9. The number of hydrogen-bond acceptors (Lipinski definition) is 4. The van der Waals surface area contributed by atoms with Crippen molar-refractivity contribution in [3.63, 3.8) is 0 Å². The largest absolute Gasteiger partial charge is 0.353 e. The summed E-state index contributed by atoms with van der Waals surface area (Å²) in [6, 6.07) is 4.58. The van der Waals surface area contributed by atoms with E-state index < -0.39 is 0 Å². The Hall–Kier alpha value is -2.47. The number of carbonyl (C=O) groups is 2. The molecule has 0 bridgehead atoms. The Balaban J connectivity index is 1.09. The topological polar surface area (TPSA) is 91.3 Å². The molecule has 4 aliphatic carbocycles. The van der Waals surface area contributed by atoms with Crippen molar-refractivity contribution >= 4 is 17.4 Å². The van der Waals surface area contributed by atoms with E-state index in [1.54, 1.807) is 11.1 Å². The number of pyridine rings is 1. The number of unbranched alkanes of at least 4 members (excludes halogenated alkanes) is 5. The van der Waals surface area contributed by atoms with Gasteiger partial charge in [-0.1, -0.05) is 63.3 Å². The van der Waals surface area contributed by atoms with E-state index in [9.17, 15) is 9.59 Å². The van der Waals surface area contributed by atoms with Gasteiger partial charge in [0.15, 0.2) is 0 Å². The first kappa shape index (κ1) is 29.0. The molecule has 6 atom stereocenters. The van der Waals surface area contributed by atoms with Crippen molar-refractivity contribution in [3.8, 4) is 0 Å². The van der Waals surface area contributed by atoms with Crippen molar-refractivity contribution in [2.45, 2.75) is 116 Å². The van der Waals surface area contributed by atoms with Crippen LogP contribution in [0.4, 0.5) is 0 Å². The minimum absolute atomic E-state index is 0.205. The summed E-state index contributed by atoms with van der Waals surface area (Å²) in [7, 11) is 0. The molecule has 1 heterocycles. The number of allylic oxidation sites excluding steroid dienone is 3. The van der Waals surface area contributed by atoms with Crippen LogP contribution in [0.3, 0.4) is 0 Å². The monoisotopic (exact) mass is 547 g/mol. The molecule has 3 unspecified atom stereocenters. The predicted molar refractivity (Wildman–Crippen MR) is 158 cm³/mol. The van der Waals surface area contributed by atoms with Gasteiger partial charge in [-0.15, -0.1) is 0 Å². The molecule has 1 aromatic heterocycles. The van der Waals surface area contributed by atoms with Crippen LogP contribution in [-0.4, -0.2) is 28.0 Å². The molecule has 0 radical (unpaired) electrons. The Morgan fingerprint density at radius 1 is 0.925 bits per heavy atom. The molecule has 0 saturated heterocycles. The Kier molecular flexibility index (Phi) is 9.14. The smallest absolute Gasteiger partial charge is 0.243 e. The highest BCUT2D eigenvalue weighted by Crippen LogP contribution is 2.66. The van der Waals surface area contributed by atoms with E-state index in [0.29, 0.717) is 18.8 Å². The summed E-state index contributed by atoms with van der Waals surface area (Å²) >= 11 is 0. The average molecular weight is 548 g/mol. The molecule has 2 amide bonds. The van der Waals surface area contributed by atoms with Crippen LogP contribution in [0.5, 0.6) is 0 Å². The molecule has 40 heavy (non-hydrogen) atoms. The van der Waals surface area contributed by atoms with Crippen LogP contribution in [-0.2, 0) is 9.59 Å². The Morgan fingerprint density at radius 2 is 1.65 bits per heavy atom. The van der Waals surface area contributed by atoms with Crippen LogP contribution in [0.15, 0.2) is 42.3 Å². The molecule has 1 aromatic rings. The summed E-state index contributed by atoms with van der Waals surface area (Å²) < 4.78 is 0. The van der Waals surface area contributed by atoms with Gasteiger partial charge in [-0.25, -0.2) is 5.48 Å². The second kappa shape index (κ2) is 12.6. The number of fused-ring (bicyclic) bond motifs is 5. The normalized spacial score (nSPS) is 32.7. The lowest BCUT2D eigenvalue weighted by molar-refractivity contribution is -0.129. The van der Waals surface area contributed by atoms with Crippen LogP contribution >= 0.6 is 0 Å². The molecule has 0 aliphatic heterocycles. The molecule has 4 aliphatic rings. The maximum atomic E-state index is 12.7. The first-order valence-corrected chi connectivity index (χ1v) is 15.9. The van der Waals surface area contributed by atoms with Gasteiger partial charge in [0.1, 0.15) is 0 Å². The number of carbonyl (C=O) groups excluding carboxylic acids is 2. The van der Waals surface area contributed by atoms with Crippen molar-refractivity contribution in [3.05, 3.63) is 47.8 Å². The van der Waals surface area contributed by atoms with Gasteiger partial charge in [-0.3, -0.25) is 19.8 Å². The molecule has 2 saturated carbocycles. The number of hydroxylamine groups is 1. The zero-order chi connectivity index (χ0) is 28.2. The number of aromatic nitrogens is 1. The lowest BCUT2D eigenvalue weighted by Crippen LogP contribution is -2.51. The summed E-state index contributed by atoms with van der Waals surface area (Å²) in [6.45, 7) is 5.06. The van der Waals surface area contributed by atoms with Crippen LogP contribution in [0.1, 0.15) is 116 Å². The third-order valence-corrected chi connectivity index (χ3v) is 11.2. The standard InChI is InChI=1S/C34H49N3O3/c1-33-19-17-26(36-31(38)11-7-5-3-4-6-8-12-32(39)37-40)22-25(33)13-14-27-29-16-15-28(24-10-9-21-35-23-24)34(29,2)20-18-30(27)33/h9-10,13,15,21,23,26-27,29-30,40H,3-8,11-12,14,16-20,22H2,1-2H3,(H,36,38)(H,37,39)/t26-,27?,29?,30?,33+,34-/m1/s1. The Bertz CT molecular complexity index is 1110. The lowest BCUT2D eigenvalue weighted by atomic mass is 9.47. The van der Waals surface area contributed by atoms with E-state index in [0.717, 1.165) is 63.2 Å². The minimum Gasteiger partial charge on any atom is -0.353 e. The number of hydrogen-bond donors (Lipinski definition) is 3. The highest BCUT2D eigenvalue weighted by molar-refractivity contribution is 5.76. The summed E-state index contributed by atoms with van der Waals surface area (Å²) in [6.07, 6.45) is 24.2. The first-order chi connectivity index (χ1) is 19.3. The van der Waals surface area contributed by atoms with Gasteiger partial charge >= 0.3 is 0 Å². The van der Waals surface area contributed by atoms with E-state index in [1.165, 1.54) is 43.2 Å². The van der Waals surface area contributed by atoms with Gasteiger partial charge in [0.05, 0.1) is 0 Å². The SMILES string of the molecule is C[C@]12CC[C@@H](NC(=O)CCCCCCCCC(=O)NO)CC1=CCC1C2CC[C@]2(C)C(c3cccnc3)=CCC12. The molecule has 2 fully saturated rings. The molecule has 0 aromatic carbocycles. The van der Waals surface area contributed by atoms with Crippen molar-refractivity contribution in [1.29, 1.82) is 0 Å². The van der Waals surface area contributed by atoms with Crippen LogP contribution in [0.25, 0.3) is 5.57 Å². The quantitative estimate of drug-likeness (QED) is 0.119. The van der Waals surface area contributed by atoms with E-state index in [4.69, 9.17) is 5.21 Å². The third kappa shape index (κ3) is 5.93. The van der Waals surface area contributed by atoms with E-state index in [1.807, 2.05) is 12.4 Å². The van der Waals surface area contributed by atoms with Gasteiger partial charge in [0, 0.05) is 31.3 Å². The average Bonchev–Trinajstić information content (AvgIpc) is 3.32. The van der Waals surface area contributed by atoms with Gasteiger partial charge in [0.2, 0.25) is 11.8 Å². The zero-order valence-electron chi connectivity index (χ0n) is 24.6. The second-order valence-corrected chi connectivity index (χ2v) is 13.5. The number of nitrogens with one attached hydrogen (secondary N) is 2. The van der Waals surface area contributed by atoms with Gasteiger partial charge < -0.3 is 5.32 Å². The molecular formula is C34H49N3O3. The summed E-state index contributed by atoms with van der Waals surface area (Å²) in [4.78, 5) is 28.2. The Labute approximate surface area is 240 Å². The zero-order valence-corrected chi connectivity index (χ0v) is 24.6.